The summed E-state index contributed by atoms with van der Waals surface area (Å²) in [5.41, 5.74) is 6.64. The third-order valence-electron chi connectivity index (χ3n) is 3.92. The van der Waals surface area contributed by atoms with Gasteiger partial charge in [-0.25, -0.2) is 4.39 Å². The molecule has 116 valence electrons. The van der Waals surface area contributed by atoms with Crippen molar-refractivity contribution >= 4 is 5.97 Å². The van der Waals surface area contributed by atoms with Crippen molar-refractivity contribution in [3.05, 3.63) is 35.1 Å². The van der Waals surface area contributed by atoms with Gasteiger partial charge in [-0.3, -0.25) is 9.69 Å². The summed E-state index contributed by atoms with van der Waals surface area (Å²) in [6.45, 7) is 3.57. The number of benzene rings is 1. The molecule has 1 saturated heterocycles. The van der Waals surface area contributed by atoms with E-state index in [0.29, 0.717) is 24.3 Å². The van der Waals surface area contributed by atoms with Crippen LogP contribution < -0.4 is 5.73 Å². The maximum atomic E-state index is 14.3. The highest BCUT2D eigenvalue weighted by Gasteiger charge is 2.30. The molecule has 5 heteroatoms. The number of halogens is 1. The molecule has 1 unspecified atom stereocenters. The van der Waals surface area contributed by atoms with E-state index in [-0.39, 0.29) is 24.4 Å². The van der Waals surface area contributed by atoms with Crippen LogP contribution in [-0.4, -0.2) is 30.1 Å². The molecule has 0 amide bonds. The first-order valence-electron chi connectivity index (χ1n) is 7.54. The van der Waals surface area contributed by atoms with Crippen molar-refractivity contribution in [3.8, 4) is 0 Å². The Morgan fingerprint density at radius 1 is 1.43 bits per heavy atom. The van der Waals surface area contributed by atoms with Gasteiger partial charge in [0.25, 0.3) is 0 Å². The molecule has 0 bridgehead atoms. The van der Waals surface area contributed by atoms with Gasteiger partial charge in [0.05, 0.1) is 6.61 Å². The second-order valence-corrected chi connectivity index (χ2v) is 5.33. The topological polar surface area (TPSA) is 55.6 Å². The van der Waals surface area contributed by atoms with Crippen LogP contribution in [0.4, 0.5) is 4.39 Å². The molecule has 1 fully saturated rings. The smallest absolute Gasteiger partial charge is 0.323 e. The number of piperidine rings is 1. The minimum atomic E-state index is -0.264. The lowest BCUT2D eigenvalue weighted by atomic mass is 10.0. The minimum absolute atomic E-state index is 0.182. The quantitative estimate of drug-likeness (QED) is 0.846. The monoisotopic (exact) mass is 294 g/mol. The Labute approximate surface area is 125 Å². The van der Waals surface area contributed by atoms with Crippen LogP contribution in [-0.2, 0) is 22.6 Å². The zero-order valence-corrected chi connectivity index (χ0v) is 12.5. The molecular formula is C16H23FN2O2. The van der Waals surface area contributed by atoms with Gasteiger partial charge < -0.3 is 10.5 Å². The van der Waals surface area contributed by atoms with Crippen molar-refractivity contribution in [1.82, 2.24) is 4.90 Å². The van der Waals surface area contributed by atoms with Crippen molar-refractivity contribution < 1.29 is 13.9 Å². The minimum Gasteiger partial charge on any atom is -0.465 e. The highest BCUT2D eigenvalue weighted by atomic mass is 19.1. The fourth-order valence-electron chi connectivity index (χ4n) is 2.82. The summed E-state index contributed by atoms with van der Waals surface area (Å²) in [6.07, 6.45) is 2.80. The number of carbonyl (C=O) groups is 1. The first-order chi connectivity index (χ1) is 10.2. The van der Waals surface area contributed by atoms with Crippen molar-refractivity contribution in [2.24, 2.45) is 5.73 Å². The van der Waals surface area contributed by atoms with Crippen LogP contribution in [0.15, 0.2) is 18.2 Å². The Kier molecular flexibility index (Phi) is 5.70. The van der Waals surface area contributed by atoms with Crippen LogP contribution >= 0.6 is 0 Å². The van der Waals surface area contributed by atoms with Gasteiger partial charge in [-0.1, -0.05) is 24.6 Å². The SMILES string of the molecule is CCOC(=O)C1CCCCN1Cc1cccc(CN)c1F. The third-order valence-corrected chi connectivity index (χ3v) is 3.92. The van der Waals surface area contributed by atoms with E-state index < -0.39 is 0 Å². The summed E-state index contributed by atoms with van der Waals surface area (Å²) in [5.74, 6) is -0.458. The number of ether oxygens (including phenoxy) is 1. The van der Waals surface area contributed by atoms with Gasteiger partial charge in [-0.05, 0) is 26.3 Å². The number of hydrogen-bond donors (Lipinski definition) is 1. The van der Waals surface area contributed by atoms with Gasteiger partial charge in [0.15, 0.2) is 0 Å². The zero-order valence-electron chi connectivity index (χ0n) is 12.5. The van der Waals surface area contributed by atoms with E-state index in [1.54, 1.807) is 19.1 Å². The summed E-state index contributed by atoms with van der Waals surface area (Å²) in [5, 5.41) is 0. The number of nitrogens with zero attached hydrogens (tertiary/aromatic N) is 1. The normalized spacial score (nSPS) is 19.5. The van der Waals surface area contributed by atoms with Crippen LogP contribution in [0.25, 0.3) is 0 Å². The number of esters is 1. The molecule has 1 aromatic rings. The molecule has 0 saturated carbocycles. The van der Waals surface area contributed by atoms with Crippen molar-refractivity contribution in [1.29, 1.82) is 0 Å². The van der Waals surface area contributed by atoms with Crippen molar-refractivity contribution in [2.75, 3.05) is 13.2 Å². The van der Waals surface area contributed by atoms with Gasteiger partial charge in [-0.15, -0.1) is 0 Å². The second-order valence-electron chi connectivity index (χ2n) is 5.33. The molecule has 1 aromatic carbocycles. The standard InChI is InChI=1S/C16H23FN2O2/c1-2-21-16(20)14-8-3-4-9-19(14)11-13-7-5-6-12(10-18)15(13)17/h5-7,14H,2-4,8-11,18H2,1H3. The maximum absolute atomic E-state index is 14.3. The van der Waals surface area contributed by atoms with Crippen LogP contribution in [0.3, 0.4) is 0 Å². The molecule has 2 rings (SSSR count). The maximum Gasteiger partial charge on any atom is 0.323 e. The van der Waals surface area contributed by atoms with Crippen LogP contribution in [0.2, 0.25) is 0 Å². The Morgan fingerprint density at radius 3 is 2.90 bits per heavy atom. The van der Waals surface area contributed by atoms with Crippen molar-refractivity contribution in [2.45, 2.75) is 45.3 Å². The molecule has 4 nitrogen and oxygen atoms in total. The Hall–Kier alpha value is -1.46. The van der Waals surface area contributed by atoms with Crippen LogP contribution in [0.5, 0.6) is 0 Å². The fraction of sp³-hybridized carbons (Fsp3) is 0.562. The molecule has 1 atom stereocenters. The Balaban J connectivity index is 2.14. The van der Waals surface area contributed by atoms with Gasteiger partial charge in [0.2, 0.25) is 0 Å². The van der Waals surface area contributed by atoms with E-state index in [1.165, 1.54) is 0 Å². The van der Waals surface area contributed by atoms with E-state index in [9.17, 15) is 9.18 Å². The fourth-order valence-corrected chi connectivity index (χ4v) is 2.82. The van der Waals surface area contributed by atoms with E-state index in [4.69, 9.17) is 10.5 Å². The number of hydrogen-bond acceptors (Lipinski definition) is 4. The average molecular weight is 294 g/mol. The lowest BCUT2D eigenvalue weighted by Gasteiger charge is -2.34. The molecule has 2 N–H and O–H groups in total. The second kappa shape index (κ2) is 7.52. The van der Waals surface area contributed by atoms with Crippen LogP contribution in [0.1, 0.15) is 37.3 Å². The molecule has 21 heavy (non-hydrogen) atoms. The Morgan fingerprint density at radius 2 is 2.19 bits per heavy atom. The molecule has 0 aliphatic carbocycles. The predicted octanol–water partition coefficient (Wildman–Crippen LogP) is 2.20. The number of nitrogens with two attached hydrogens (primary N) is 1. The lowest BCUT2D eigenvalue weighted by Crippen LogP contribution is -2.45. The number of carbonyl (C=O) groups excluding carboxylic acids is 1. The summed E-state index contributed by atoms with van der Waals surface area (Å²) >= 11 is 0. The first kappa shape index (κ1) is 15.9. The van der Waals surface area contributed by atoms with Gasteiger partial charge >= 0.3 is 5.97 Å². The van der Waals surface area contributed by atoms with E-state index in [2.05, 4.69) is 0 Å². The molecule has 0 spiro atoms. The first-order valence-corrected chi connectivity index (χ1v) is 7.54. The van der Waals surface area contributed by atoms with Gasteiger partial charge in [-0.2, -0.15) is 0 Å². The van der Waals surface area contributed by atoms with Gasteiger partial charge in [0, 0.05) is 24.2 Å². The molecule has 0 aromatic heterocycles. The highest BCUT2D eigenvalue weighted by molar-refractivity contribution is 5.75. The number of likely N-dealkylation sites (tertiary alicyclic amines) is 1. The van der Waals surface area contributed by atoms with E-state index in [1.807, 2.05) is 11.0 Å². The predicted molar refractivity (Wildman–Crippen MR) is 79.0 cm³/mol. The third kappa shape index (κ3) is 3.80. The summed E-state index contributed by atoms with van der Waals surface area (Å²) < 4.78 is 19.4. The molecule has 1 aliphatic rings. The van der Waals surface area contributed by atoms with Crippen molar-refractivity contribution in [3.63, 3.8) is 0 Å². The van der Waals surface area contributed by atoms with E-state index in [0.717, 1.165) is 25.8 Å². The molecule has 1 aliphatic heterocycles. The summed E-state index contributed by atoms with van der Waals surface area (Å²) in [4.78, 5) is 14.0. The average Bonchev–Trinajstić information content (AvgIpc) is 2.50. The van der Waals surface area contributed by atoms with E-state index >= 15 is 0 Å². The number of rotatable bonds is 5. The molecule has 1 heterocycles. The van der Waals surface area contributed by atoms with Crippen LogP contribution in [0, 0.1) is 5.82 Å². The largest absolute Gasteiger partial charge is 0.465 e. The Bertz CT molecular complexity index is 493. The molecule has 0 radical (unpaired) electrons. The summed E-state index contributed by atoms with van der Waals surface area (Å²) in [7, 11) is 0. The highest BCUT2D eigenvalue weighted by Crippen LogP contribution is 2.22. The summed E-state index contributed by atoms with van der Waals surface area (Å²) in [6, 6.07) is 4.99. The molecular weight excluding hydrogens is 271 g/mol. The van der Waals surface area contributed by atoms with Gasteiger partial charge in [0.1, 0.15) is 11.9 Å². The lowest BCUT2D eigenvalue weighted by molar-refractivity contribution is -0.151. The zero-order chi connectivity index (χ0) is 15.2.